The molecule has 0 amide bonds. The number of aryl methyl sites for hydroxylation is 2. The topological polar surface area (TPSA) is 0 Å². The van der Waals surface area contributed by atoms with Crippen molar-refractivity contribution in [2.24, 2.45) is 5.92 Å². The molecular formula is C19H22. The maximum absolute atomic E-state index is 2.43. The molecule has 0 radical (unpaired) electrons. The fourth-order valence-corrected chi connectivity index (χ4v) is 3.40. The molecular weight excluding hydrogens is 228 g/mol. The Morgan fingerprint density at radius 3 is 2.42 bits per heavy atom. The van der Waals surface area contributed by atoms with Gasteiger partial charge in [-0.25, -0.2) is 0 Å². The number of rotatable bonds is 2. The van der Waals surface area contributed by atoms with Crippen LogP contribution in [0.2, 0.25) is 0 Å². The van der Waals surface area contributed by atoms with Crippen LogP contribution in [-0.2, 0) is 12.8 Å². The first-order chi connectivity index (χ1) is 9.15. The summed E-state index contributed by atoms with van der Waals surface area (Å²) in [7, 11) is 0. The molecule has 0 fully saturated rings. The van der Waals surface area contributed by atoms with Crippen molar-refractivity contribution in [3.05, 3.63) is 70.3 Å². The molecule has 0 nitrogen and oxygen atoms in total. The predicted molar refractivity (Wildman–Crippen MR) is 81.7 cm³/mol. The largest absolute Gasteiger partial charge is 0.0622 e. The van der Waals surface area contributed by atoms with Gasteiger partial charge in [-0.15, -0.1) is 0 Å². The molecule has 0 saturated heterocycles. The number of benzene rings is 2. The standard InChI is InChI=1S/C19H22/c1-13-9-17-10-15(3)18(19(17)11-14(13)2)12-16-7-5-4-6-8-16/h4-9,11,15,18H,10,12H2,1-3H3. The van der Waals surface area contributed by atoms with Crippen LogP contribution >= 0.6 is 0 Å². The minimum absolute atomic E-state index is 0.691. The fourth-order valence-electron chi connectivity index (χ4n) is 3.40. The maximum atomic E-state index is 2.43. The highest BCUT2D eigenvalue weighted by Gasteiger charge is 2.29. The molecule has 0 heterocycles. The van der Waals surface area contributed by atoms with Crippen LogP contribution in [0, 0.1) is 19.8 Å². The van der Waals surface area contributed by atoms with E-state index in [4.69, 9.17) is 0 Å². The molecule has 2 aromatic rings. The van der Waals surface area contributed by atoms with Crippen LogP contribution in [0.15, 0.2) is 42.5 Å². The third kappa shape index (κ3) is 2.32. The van der Waals surface area contributed by atoms with Gasteiger partial charge in [-0.2, -0.15) is 0 Å². The van der Waals surface area contributed by atoms with Gasteiger partial charge in [0.25, 0.3) is 0 Å². The molecule has 1 aliphatic carbocycles. The number of fused-ring (bicyclic) bond motifs is 1. The van der Waals surface area contributed by atoms with Crippen LogP contribution in [0.5, 0.6) is 0 Å². The molecule has 0 aromatic heterocycles. The Morgan fingerprint density at radius 1 is 1.00 bits per heavy atom. The minimum Gasteiger partial charge on any atom is -0.0622 e. The summed E-state index contributed by atoms with van der Waals surface area (Å²) in [5, 5.41) is 0. The van der Waals surface area contributed by atoms with Gasteiger partial charge < -0.3 is 0 Å². The quantitative estimate of drug-likeness (QED) is 0.716. The van der Waals surface area contributed by atoms with Crippen molar-refractivity contribution < 1.29 is 0 Å². The molecule has 0 aliphatic heterocycles. The number of hydrogen-bond donors (Lipinski definition) is 0. The summed E-state index contributed by atoms with van der Waals surface area (Å²) in [4.78, 5) is 0. The second kappa shape index (κ2) is 4.85. The molecule has 2 unspecified atom stereocenters. The third-order valence-corrected chi connectivity index (χ3v) is 4.68. The van der Waals surface area contributed by atoms with Crippen molar-refractivity contribution in [2.45, 2.75) is 39.5 Å². The Balaban J connectivity index is 1.94. The van der Waals surface area contributed by atoms with E-state index in [1.54, 1.807) is 11.1 Å². The summed E-state index contributed by atoms with van der Waals surface area (Å²) in [6.07, 6.45) is 2.42. The molecule has 1 aliphatic rings. The predicted octanol–water partition coefficient (Wildman–Crippen LogP) is 4.82. The van der Waals surface area contributed by atoms with E-state index >= 15 is 0 Å². The highest BCUT2D eigenvalue weighted by Crippen LogP contribution is 2.40. The van der Waals surface area contributed by atoms with Crippen molar-refractivity contribution in [2.75, 3.05) is 0 Å². The van der Waals surface area contributed by atoms with Gasteiger partial charge in [-0.05, 0) is 66.3 Å². The van der Waals surface area contributed by atoms with Crippen LogP contribution in [0.1, 0.15) is 40.7 Å². The Labute approximate surface area is 116 Å². The van der Waals surface area contributed by atoms with Crippen LogP contribution in [0.3, 0.4) is 0 Å². The van der Waals surface area contributed by atoms with Gasteiger partial charge in [0.05, 0.1) is 0 Å². The fraction of sp³-hybridized carbons (Fsp3) is 0.368. The normalized spacial score (nSPS) is 21.4. The first-order valence-corrected chi connectivity index (χ1v) is 7.29. The molecule has 19 heavy (non-hydrogen) atoms. The molecule has 0 spiro atoms. The highest BCUT2D eigenvalue weighted by atomic mass is 14.3. The van der Waals surface area contributed by atoms with E-state index in [-0.39, 0.29) is 0 Å². The van der Waals surface area contributed by atoms with Gasteiger partial charge in [-0.1, -0.05) is 49.4 Å². The van der Waals surface area contributed by atoms with Gasteiger partial charge in [-0.3, -0.25) is 0 Å². The van der Waals surface area contributed by atoms with Crippen molar-refractivity contribution in [1.82, 2.24) is 0 Å². The molecule has 2 atom stereocenters. The van der Waals surface area contributed by atoms with Gasteiger partial charge in [0.15, 0.2) is 0 Å². The summed E-state index contributed by atoms with van der Waals surface area (Å²) in [5.41, 5.74) is 7.51. The van der Waals surface area contributed by atoms with Gasteiger partial charge >= 0.3 is 0 Å². The Hall–Kier alpha value is -1.56. The first-order valence-electron chi connectivity index (χ1n) is 7.29. The highest BCUT2D eigenvalue weighted by molar-refractivity contribution is 5.43. The van der Waals surface area contributed by atoms with E-state index in [0.717, 1.165) is 5.92 Å². The van der Waals surface area contributed by atoms with E-state index in [1.807, 2.05) is 0 Å². The minimum atomic E-state index is 0.691. The summed E-state index contributed by atoms with van der Waals surface area (Å²) >= 11 is 0. The van der Waals surface area contributed by atoms with Gasteiger partial charge in [0.2, 0.25) is 0 Å². The summed E-state index contributed by atoms with van der Waals surface area (Å²) in [5.74, 6) is 1.45. The molecule has 3 rings (SSSR count). The average Bonchev–Trinajstić information content (AvgIpc) is 2.68. The van der Waals surface area contributed by atoms with E-state index in [1.165, 1.54) is 29.5 Å². The van der Waals surface area contributed by atoms with Crippen molar-refractivity contribution in [3.63, 3.8) is 0 Å². The first kappa shape index (κ1) is 12.5. The molecule has 0 N–H and O–H groups in total. The second-order valence-corrected chi connectivity index (χ2v) is 6.11. The zero-order valence-electron chi connectivity index (χ0n) is 12.1. The molecule has 2 aromatic carbocycles. The SMILES string of the molecule is Cc1cc2c(cc1C)C(Cc1ccccc1)C(C)C2. The lowest BCUT2D eigenvalue weighted by atomic mass is 9.87. The van der Waals surface area contributed by atoms with Crippen LogP contribution in [0.25, 0.3) is 0 Å². The van der Waals surface area contributed by atoms with Crippen LogP contribution in [-0.4, -0.2) is 0 Å². The van der Waals surface area contributed by atoms with E-state index in [0.29, 0.717) is 5.92 Å². The molecule has 0 saturated carbocycles. The average molecular weight is 250 g/mol. The molecule has 0 heteroatoms. The van der Waals surface area contributed by atoms with Crippen LogP contribution in [0.4, 0.5) is 0 Å². The lowest BCUT2D eigenvalue weighted by molar-refractivity contribution is 0.496. The zero-order valence-corrected chi connectivity index (χ0v) is 12.1. The van der Waals surface area contributed by atoms with E-state index in [9.17, 15) is 0 Å². The van der Waals surface area contributed by atoms with Crippen molar-refractivity contribution >= 4 is 0 Å². The van der Waals surface area contributed by atoms with Gasteiger partial charge in [0, 0.05) is 0 Å². The summed E-state index contributed by atoms with van der Waals surface area (Å²) in [6.45, 7) is 6.86. The number of hydrogen-bond acceptors (Lipinski definition) is 0. The van der Waals surface area contributed by atoms with Gasteiger partial charge in [0.1, 0.15) is 0 Å². The Kier molecular flexibility index (Phi) is 3.18. The smallest absolute Gasteiger partial charge is 0.00898 e. The molecule has 98 valence electrons. The zero-order chi connectivity index (χ0) is 13.4. The third-order valence-electron chi connectivity index (χ3n) is 4.68. The van der Waals surface area contributed by atoms with Crippen molar-refractivity contribution in [3.8, 4) is 0 Å². The van der Waals surface area contributed by atoms with Crippen LogP contribution < -0.4 is 0 Å². The maximum Gasteiger partial charge on any atom is -0.00898 e. The van der Waals surface area contributed by atoms with Crippen molar-refractivity contribution in [1.29, 1.82) is 0 Å². The monoisotopic (exact) mass is 250 g/mol. The van der Waals surface area contributed by atoms with E-state index in [2.05, 4.69) is 63.2 Å². The lowest BCUT2D eigenvalue weighted by Crippen LogP contribution is -2.07. The lowest BCUT2D eigenvalue weighted by Gasteiger charge is -2.17. The summed E-state index contributed by atoms with van der Waals surface area (Å²) in [6, 6.07) is 15.8. The Morgan fingerprint density at radius 2 is 1.68 bits per heavy atom. The summed E-state index contributed by atoms with van der Waals surface area (Å²) < 4.78 is 0. The molecule has 0 bridgehead atoms. The van der Waals surface area contributed by atoms with E-state index < -0.39 is 0 Å². The Bertz CT molecular complexity index is 580. The second-order valence-electron chi connectivity index (χ2n) is 6.11.